The highest BCUT2D eigenvalue weighted by Gasteiger charge is 1.96. The first-order valence-corrected chi connectivity index (χ1v) is 6.38. The van der Waals surface area contributed by atoms with Crippen molar-refractivity contribution in [1.82, 2.24) is 5.32 Å². The van der Waals surface area contributed by atoms with E-state index in [9.17, 15) is 4.79 Å². The molecule has 1 aromatic rings. The van der Waals surface area contributed by atoms with Gasteiger partial charge in [0.1, 0.15) is 5.75 Å². The SMILES string of the molecule is C=CC(=O)NCCCCOc1cccc(CC)c1. The molecule has 1 amide bonds. The first kappa shape index (κ1) is 14.3. The van der Waals surface area contributed by atoms with Crippen LogP contribution in [0.5, 0.6) is 5.75 Å². The Kier molecular flexibility index (Phi) is 6.62. The van der Waals surface area contributed by atoms with Crippen molar-refractivity contribution >= 4 is 5.91 Å². The van der Waals surface area contributed by atoms with E-state index in [1.165, 1.54) is 11.6 Å². The fraction of sp³-hybridized carbons (Fsp3) is 0.400. The molecule has 0 aliphatic heterocycles. The van der Waals surface area contributed by atoms with Crippen LogP contribution in [0.4, 0.5) is 0 Å². The van der Waals surface area contributed by atoms with Crippen molar-refractivity contribution in [2.75, 3.05) is 13.2 Å². The lowest BCUT2D eigenvalue weighted by molar-refractivity contribution is -0.116. The number of aryl methyl sites for hydroxylation is 1. The van der Waals surface area contributed by atoms with Gasteiger partial charge in [-0.3, -0.25) is 4.79 Å². The summed E-state index contributed by atoms with van der Waals surface area (Å²) in [7, 11) is 0. The minimum atomic E-state index is -0.119. The van der Waals surface area contributed by atoms with Crippen LogP contribution in [0.25, 0.3) is 0 Å². The Labute approximate surface area is 109 Å². The second-order valence-corrected chi connectivity index (χ2v) is 4.05. The third kappa shape index (κ3) is 5.53. The molecule has 0 fully saturated rings. The molecule has 1 aromatic carbocycles. The number of carbonyl (C=O) groups is 1. The van der Waals surface area contributed by atoms with Crippen LogP contribution in [-0.2, 0) is 11.2 Å². The van der Waals surface area contributed by atoms with E-state index < -0.39 is 0 Å². The molecule has 0 aliphatic carbocycles. The minimum absolute atomic E-state index is 0.119. The molecule has 98 valence electrons. The van der Waals surface area contributed by atoms with Crippen molar-refractivity contribution in [3.8, 4) is 5.75 Å². The zero-order chi connectivity index (χ0) is 13.2. The van der Waals surface area contributed by atoms with Gasteiger partial charge >= 0.3 is 0 Å². The predicted molar refractivity (Wildman–Crippen MR) is 73.8 cm³/mol. The number of amides is 1. The van der Waals surface area contributed by atoms with Crippen LogP contribution >= 0.6 is 0 Å². The lowest BCUT2D eigenvalue weighted by atomic mass is 10.2. The van der Waals surface area contributed by atoms with Gasteiger partial charge in [-0.1, -0.05) is 25.6 Å². The number of hydrogen-bond donors (Lipinski definition) is 1. The quantitative estimate of drug-likeness (QED) is 0.566. The smallest absolute Gasteiger partial charge is 0.243 e. The first-order valence-electron chi connectivity index (χ1n) is 6.38. The topological polar surface area (TPSA) is 38.3 Å². The van der Waals surface area contributed by atoms with Gasteiger partial charge in [0.05, 0.1) is 6.61 Å². The van der Waals surface area contributed by atoms with Gasteiger partial charge in [0, 0.05) is 6.54 Å². The molecule has 0 radical (unpaired) electrons. The molecule has 1 N–H and O–H groups in total. The van der Waals surface area contributed by atoms with Crippen LogP contribution < -0.4 is 10.1 Å². The van der Waals surface area contributed by atoms with Crippen molar-refractivity contribution in [2.45, 2.75) is 26.2 Å². The second kappa shape index (κ2) is 8.34. The molecule has 0 unspecified atom stereocenters. The molecule has 0 saturated heterocycles. The van der Waals surface area contributed by atoms with Crippen molar-refractivity contribution < 1.29 is 9.53 Å². The molecule has 1 rings (SSSR count). The summed E-state index contributed by atoms with van der Waals surface area (Å²) in [5.74, 6) is 0.802. The maximum Gasteiger partial charge on any atom is 0.243 e. The van der Waals surface area contributed by atoms with Crippen molar-refractivity contribution in [3.63, 3.8) is 0 Å². The molecule has 0 aliphatic rings. The Balaban J connectivity index is 2.13. The summed E-state index contributed by atoms with van der Waals surface area (Å²) < 4.78 is 5.65. The van der Waals surface area contributed by atoms with Crippen LogP contribution in [-0.4, -0.2) is 19.1 Å². The molecule has 3 nitrogen and oxygen atoms in total. The number of benzene rings is 1. The van der Waals surface area contributed by atoms with Crippen LogP contribution in [0.2, 0.25) is 0 Å². The normalized spacial score (nSPS) is 9.83. The molecule has 0 spiro atoms. The number of unbranched alkanes of at least 4 members (excludes halogenated alkanes) is 1. The number of hydrogen-bond acceptors (Lipinski definition) is 2. The molecule has 0 heterocycles. The van der Waals surface area contributed by atoms with Gasteiger partial charge < -0.3 is 10.1 Å². The van der Waals surface area contributed by atoms with Crippen LogP contribution in [0.3, 0.4) is 0 Å². The third-order valence-corrected chi connectivity index (χ3v) is 2.63. The Morgan fingerprint density at radius 1 is 1.44 bits per heavy atom. The van der Waals surface area contributed by atoms with Gasteiger partial charge in [-0.15, -0.1) is 0 Å². The molecule has 0 saturated carbocycles. The molecular weight excluding hydrogens is 226 g/mol. The van der Waals surface area contributed by atoms with Crippen LogP contribution in [0, 0.1) is 0 Å². The summed E-state index contributed by atoms with van der Waals surface area (Å²) in [5, 5.41) is 2.74. The highest BCUT2D eigenvalue weighted by Crippen LogP contribution is 2.13. The first-order chi connectivity index (χ1) is 8.76. The molecule has 18 heavy (non-hydrogen) atoms. The maximum atomic E-state index is 10.9. The lowest BCUT2D eigenvalue weighted by Gasteiger charge is -2.07. The highest BCUT2D eigenvalue weighted by molar-refractivity contribution is 5.86. The van der Waals surface area contributed by atoms with Crippen molar-refractivity contribution in [2.24, 2.45) is 0 Å². The average molecular weight is 247 g/mol. The summed E-state index contributed by atoms with van der Waals surface area (Å²) in [4.78, 5) is 10.9. The number of rotatable bonds is 8. The average Bonchev–Trinajstić information content (AvgIpc) is 2.42. The molecule has 0 bridgehead atoms. The molecule has 3 heteroatoms. The van der Waals surface area contributed by atoms with Gasteiger partial charge in [0.2, 0.25) is 5.91 Å². The van der Waals surface area contributed by atoms with Crippen LogP contribution in [0.1, 0.15) is 25.3 Å². The largest absolute Gasteiger partial charge is 0.494 e. The fourth-order valence-electron chi connectivity index (χ4n) is 1.56. The van der Waals surface area contributed by atoms with Crippen LogP contribution in [0.15, 0.2) is 36.9 Å². The Bertz CT molecular complexity index is 388. The summed E-state index contributed by atoms with van der Waals surface area (Å²) in [5.41, 5.74) is 1.28. The molecule has 0 aromatic heterocycles. The monoisotopic (exact) mass is 247 g/mol. The Morgan fingerprint density at radius 3 is 3.00 bits per heavy atom. The van der Waals surface area contributed by atoms with Gasteiger partial charge in [-0.2, -0.15) is 0 Å². The van der Waals surface area contributed by atoms with E-state index in [1.807, 2.05) is 12.1 Å². The zero-order valence-electron chi connectivity index (χ0n) is 10.9. The Hall–Kier alpha value is -1.77. The van der Waals surface area contributed by atoms with Crippen molar-refractivity contribution in [3.05, 3.63) is 42.5 Å². The Morgan fingerprint density at radius 2 is 2.28 bits per heavy atom. The van der Waals surface area contributed by atoms with E-state index in [-0.39, 0.29) is 5.91 Å². The predicted octanol–water partition coefficient (Wildman–Crippen LogP) is 2.71. The number of ether oxygens (including phenoxy) is 1. The fourth-order valence-corrected chi connectivity index (χ4v) is 1.56. The van der Waals surface area contributed by atoms with Gasteiger partial charge in [0.15, 0.2) is 0 Å². The van der Waals surface area contributed by atoms with Gasteiger partial charge in [-0.25, -0.2) is 0 Å². The van der Waals surface area contributed by atoms with Crippen molar-refractivity contribution in [1.29, 1.82) is 0 Å². The standard InChI is InChI=1S/C15H21NO2/c1-3-13-8-7-9-14(12-13)18-11-6-5-10-16-15(17)4-2/h4,7-9,12H,2-3,5-6,10-11H2,1H3,(H,16,17). The summed E-state index contributed by atoms with van der Waals surface area (Å²) in [6, 6.07) is 8.15. The zero-order valence-corrected chi connectivity index (χ0v) is 10.9. The summed E-state index contributed by atoms with van der Waals surface area (Å²) >= 11 is 0. The maximum absolute atomic E-state index is 10.9. The van der Waals surface area contributed by atoms with E-state index in [1.54, 1.807) is 0 Å². The van der Waals surface area contributed by atoms with E-state index in [4.69, 9.17) is 4.74 Å². The molecular formula is C15H21NO2. The third-order valence-electron chi connectivity index (χ3n) is 2.63. The highest BCUT2D eigenvalue weighted by atomic mass is 16.5. The van der Waals surface area contributed by atoms with E-state index in [0.29, 0.717) is 13.2 Å². The summed E-state index contributed by atoms with van der Waals surface area (Å²) in [6.45, 7) is 6.87. The van der Waals surface area contributed by atoms with Gasteiger partial charge in [0.25, 0.3) is 0 Å². The van der Waals surface area contributed by atoms with E-state index in [0.717, 1.165) is 25.0 Å². The molecule has 0 atom stereocenters. The second-order valence-electron chi connectivity index (χ2n) is 4.05. The van der Waals surface area contributed by atoms with E-state index in [2.05, 4.69) is 31.0 Å². The van der Waals surface area contributed by atoms with E-state index >= 15 is 0 Å². The van der Waals surface area contributed by atoms with Gasteiger partial charge in [-0.05, 0) is 43.0 Å². The number of carbonyl (C=O) groups excluding carboxylic acids is 1. The number of nitrogens with one attached hydrogen (secondary N) is 1. The summed E-state index contributed by atoms with van der Waals surface area (Å²) in [6.07, 6.45) is 4.14. The minimum Gasteiger partial charge on any atom is -0.494 e. The lowest BCUT2D eigenvalue weighted by Crippen LogP contribution is -2.22.